The molecule has 0 atom stereocenters. The number of anilines is 2. The van der Waals surface area contributed by atoms with Crippen LogP contribution in [0.3, 0.4) is 0 Å². The van der Waals surface area contributed by atoms with Gasteiger partial charge in [0.25, 0.3) is 0 Å². The zero-order valence-electron chi connectivity index (χ0n) is 21.9. The average Bonchev–Trinajstić information content (AvgIpc) is 2.95. The Morgan fingerprint density at radius 2 is 1.69 bits per heavy atom. The number of nitrogens with zero attached hydrogens (tertiary/aromatic N) is 3. The summed E-state index contributed by atoms with van der Waals surface area (Å²) in [6, 6.07) is 27.6. The lowest BCUT2D eigenvalue weighted by Crippen LogP contribution is -2.43. The number of aromatic hydroxyl groups is 1. The van der Waals surface area contributed by atoms with Crippen LogP contribution >= 0.6 is 11.6 Å². The van der Waals surface area contributed by atoms with Crippen LogP contribution in [0.1, 0.15) is 11.1 Å². The molecule has 1 aromatic heterocycles. The molecule has 2 heterocycles. The van der Waals surface area contributed by atoms with Gasteiger partial charge in [0.15, 0.2) is 0 Å². The molecule has 6 rings (SSSR count). The zero-order chi connectivity index (χ0) is 26.8. The number of halogens is 1. The van der Waals surface area contributed by atoms with Crippen LogP contribution in [0.2, 0.25) is 5.02 Å². The molecule has 4 aromatic carbocycles. The minimum atomic E-state index is 0.312. The molecular weight excluding hydrogens is 508 g/mol. The first-order chi connectivity index (χ1) is 19.0. The number of likely N-dealkylation sites (N-methyl/N-ethyl adjacent to an activating group) is 1. The summed E-state index contributed by atoms with van der Waals surface area (Å²) in [6.45, 7) is 5.23. The van der Waals surface area contributed by atoms with Gasteiger partial charge < -0.3 is 20.1 Å². The molecule has 7 heteroatoms. The Morgan fingerprint density at radius 3 is 2.51 bits per heavy atom. The Labute approximate surface area is 233 Å². The van der Waals surface area contributed by atoms with E-state index in [1.807, 2.05) is 66.7 Å². The summed E-state index contributed by atoms with van der Waals surface area (Å²) >= 11 is 6.33. The number of ether oxygens (including phenoxy) is 1. The summed E-state index contributed by atoms with van der Waals surface area (Å²) in [7, 11) is 2.15. The van der Waals surface area contributed by atoms with Gasteiger partial charge in [-0.25, -0.2) is 4.98 Å². The molecule has 0 amide bonds. The molecular formula is C32H31ClN4O2. The molecule has 1 aliphatic heterocycles. The van der Waals surface area contributed by atoms with E-state index in [2.05, 4.69) is 34.3 Å². The maximum atomic E-state index is 10.6. The van der Waals surface area contributed by atoms with Crippen molar-refractivity contribution in [2.45, 2.75) is 13.2 Å². The van der Waals surface area contributed by atoms with Gasteiger partial charge in [0.2, 0.25) is 0 Å². The van der Waals surface area contributed by atoms with Gasteiger partial charge in [0.05, 0.1) is 16.7 Å². The second-order valence-corrected chi connectivity index (χ2v) is 10.6. The molecule has 0 bridgehead atoms. The van der Waals surface area contributed by atoms with E-state index >= 15 is 0 Å². The van der Waals surface area contributed by atoms with Crippen molar-refractivity contribution in [2.24, 2.45) is 0 Å². The minimum Gasteiger partial charge on any atom is -0.508 e. The van der Waals surface area contributed by atoms with Gasteiger partial charge in [-0.3, -0.25) is 4.90 Å². The Bertz CT molecular complexity index is 1620. The Kier molecular flexibility index (Phi) is 7.24. The van der Waals surface area contributed by atoms with Crippen molar-refractivity contribution in [3.63, 3.8) is 0 Å². The van der Waals surface area contributed by atoms with Gasteiger partial charge in [-0.05, 0) is 67.2 Å². The number of aromatic nitrogens is 1. The highest BCUT2D eigenvalue weighted by Gasteiger charge is 2.17. The van der Waals surface area contributed by atoms with Crippen LogP contribution in [0.5, 0.6) is 11.5 Å². The highest BCUT2D eigenvalue weighted by Crippen LogP contribution is 2.37. The fourth-order valence-electron chi connectivity index (χ4n) is 5.04. The molecule has 1 saturated heterocycles. The Morgan fingerprint density at radius 1 is 0.872 bits per heavy atom. The third-order valence-corrected chi connectivity index (χ3v) is 7.53. The number of benzene rings is 4. The minimum absolute atomic E-state index is 0.312. The number of pyridine rings is 1. The maximum absolute atomic E-state index is 10.6. The van der Waals surface area contributed by atoms with Gasteiger partial charge in [-0.15, -0.1) is 0 Å². The highest BCUT2D eigenvalue weighted by molar-refractivity contribution is 6.31. The second-order valence-electron chi connectivity index (χ2n) is 10.1. The molecule has 0 radical (unpaired) electrons. The van der Waals surface area contributed by atoms with Crippen LogP contribution < -0.4 is 10.1 Å². The number of fused-ring (bicyclic) bond motifs is 2. The van der Waals surface area contributed by atoms with E-state index in [1.54, 1.807) is 6.07 Å². The van der Waals surface area contributed by atoms with Gasteiger partial charge >= 0.3 is 0 Å². The molecule has 198 valence electrons. The second kappa shape index (κ2) is 11.1. The van der Waals surface area contributed by atoms with Crippen LogP contribution in [0.15, 0.2) is 84.9 Å². The third-order valence-electron chi connectivity index (χ3n) is 7.29. The lowest BCUT2D eigenvalue weighted by atomic mass is 10.1. The molecule has 1 aliphatic rings. The predicted octanol–water partition coefficient (Wildman–Crippen LogP) is 6.82. The van der Waals surface area contributed by atoms with Gasteiger partial charge in [0, 0.05) is 59.8 Å². The quantitative estimate of drug-likeness (QED) is 0.175. The normalized spacial score (nSPS) is 14.6. The van der Waals surface area contributed by atoms with E-state index < -0.39 is 0 Å². The van der Waals surface area contributed by atoms with Crippen LogP contribution in [-0.2, 0) is 13.2 Å². The molecule has 1 fully saturated rings. The SMILES string of the molecule is CN1CCN(Cc2cc(Nc3c4ccc(Cl)cc4nc4ccc(OCc5ccccc5)cc34)ccc2O)CC1. The van der Waals surface area contributed by atoms with Crippen LogP contribution in [-0.4, -0.2) is 53.1 Å². The summed E-state index contributed by atoms with van der Waals surface area (Å²) in [6.07, 6.45) is 0. The number of rotatable bonds is 7. The number of phenols is 1. The summed E-state index contributed by atoms with van der Waals surface area (Å²) < 4.78 is 6.14. The lowest BCUT2D eigenvalue weighted by Gasteiger charge is -2.32. The van der Waals surface area contributed by atoms with Crippen LogP contribution in [0.4, 0.5) is 11.4 Å². The number of piperazine rings is 1. The molecule has 5 aromatic rings. The van der Waals surface area contributed by atoms with E-state index in [9.17, 15) is 5.11 Å². The fraction of sp³-hybridized carbons (Fsp3) is 0.219. The van der Waals surface area contributed by atoms with Crippen molar-refractivity contribution in [1.29, 1.82) is 0 Å². The monoisotopic (exact) mass is 538 g/mol. The molecule has 2 N–H and O–H groups in total. The molecule has 39 heavy (non-hydrogen) atoms. The average molecular weight is 539 g/mol. The molecule has 0 spiro atoms. The summed E-state index contributed by atoms with van der Waals surface area (Å²) in [4.78, 5) is 9.60. The van der Waals surface area contributed by atoms with Crippen LogP contribution in [0, 0.1) is 0 Å². The zero-order valence-corrected chi connectivity index (χ0v) is 22.7. The van der Waals surface area contributed by atoms with Crippen molar-refractivity contribution in [3.8, 4) is 11.5 Å². The summed E-state index contributed by atoms with van der Waals surface area (Å²) in [5.74, 6) is 1.08. The van der Waals surface area contributed by atoms with Gasteiger partial charge in [-0.2, -0.15) is 0 Å². The van der Waals surface area contributed by atoms with Gasteiger partial charge in [-0.1, -0.05) is 41.9 Å². The van der Waals surface area contributed by atoms with Crippen LogP contribution in [0.25, 0.3) is 21.8 Å². The maximum Gasteiger partial charge on any atom is 0.120 e. The lowest BCUT2D eigenvalue weighted by molar-refractivity contribution is 0.147. The van der Waals surface area contributed by atoms with Crippen molar-refractivity contribution in [1.82, 2.24) is 14.8 Å². The molecule has 0 saturated carbocycles. The first kappa shape index (κ1) is 25.4. The fourth-order valence-corrected chi connectivity index (χ4v) is 5.21. The summed E-state index contributed by atoms with van der Waals surface area (Å²) in [5.41, 5.74) is 5.49. The van der Waals surface area contributed by atoms with Crippen molar-refractivity contribution in [3.05, 3.63) is 101 Å². The number of hydrogen-bond donors (Lipinski definition) is 2. The van der Waals surface area contributed by atoms with Crippen molar-refractivity contribution in [2.75, 3.05) is 38.5 Å². The van der Waals surface area contributed by atoms with E-state index in [4.69, 9.17) is 21.3 Å². The highest BCUT2D eigenvalue weighted by atomic mass is 35.5. The van der Waals surface area contributed by atoms with Crippen molar-refractivity contribution < 1.29 is 9.84 Å². The molecule has 6 nitrogen and oxygen atoms in total. The van der Waals surface area contributed by atoms with E-state index in [0.717, 1.165) is 76.2 Å². The first-order valence-electron chi connectivity index (χ1n) is 13.2. The third kappa shape index (κ3) is 5.78. The molecule has 0 unspecified atom stereocenters. The number of hydrogen-bond acceptors (Lipinski definition) is 6. The smallest absolute Gasteiger partial charge is 0.120 e. The Balaban J connectivity index is 1.35. The van der Waals surface area contributed by atoms with E-state index in [1.165, 1.54) is 0 Å². The largest absolute Gasteiger partial charge is 0.508 e. The first-order valence-corrected chi connectivity index (χ1v) is 13.6. The predicted molar refractivity (Wildman–Crippen MR) is 159 cm³/mol. The topological polar surface area (TPSA) is 60.9 Å². The van der Waals surface area contributed by atoms with E-state index in [-0.39, 0.29) is 0 Å². The van der Waals surface area contributed by atoms with Crippen molar-refractivity contribution >= 4 is 44.8 Å². The van der Waals surface area contributed by atoms with Gasteiger partial charge in [0.1, 0.15) is 18.1 Å². The number of nitrogens with one attached hydrogen (secondary N) is 1. The molecule has 0 aliphatic carbocycles. The summed E-state index contributed by atoms with van der Waals surface area (Å²) in [5, 5.41) is 16.8. The standard InChI is InChI=1S/C32H31ClN4O2/c1-36-13-15-37(16-14-36)20-23-17-25(8-12-31(23)38)34-32-27-10-7-24(33)18-30(27)35-29-11-9-26(19-28(29)32)39-21-22-5-3-2-4-6-22/h2-12,17-19,38H,13-16,20-21H2,1H3,(H,34,35). The number of phenolic OH excluding ortho intramolecular Hbond substituents is 1. The Hall–Kier alpha value is -3.84. The van der Waals surface area contributed by atoms with E-state index in [0.29, 0.717) is 23.9 Å².